The van der Waals surface area contributed by atoms with Gasteiger partial charge in [-0.3, -0.25) is 0 Å². The fourth-order valence-corrected chi connectivity index (χ4v) is 7.45. The molecule has 0 bridgehead atoms. The minimum Gasteiger partial charge on any atom is -0.309 e. The van der Waals surface area contributed by atoms with E-state index in [2.05, 4.69) is 123 Å². The lowest BCUT2D eigenvalue weighted by Crippen LogP contribution is -1.99. The van der Waals surface area contributed by atoms with E-state index in [-0.39, 0.29) is 0 Å². The van der Waals surface area contributed by atoms with Gasteiger partial charge in [-0.1, -0.05) is 91.0 Å². The fraction of sp³-hybridized carbons (Fsp3) is 0. The van der Waals surface area contributed by atoms with Crippen LogP contribution in [0.5, 0.6) is 0 Å². The van der Waals surface area contributed by atoms with E-state index in [1.54, 1.807) is 12.1 Å². The van der Waals surface area contributed by atoms with E-state index in [0.717, 1.165) is 66.5 Å². The average molecular weight is 636 g/mol. The third kappa shape index (κ3) is 4.31. The smallest absolute Gasteiger partial charge is 0.188 e. The lowest BCUT2D eigenvalue weighted by molar-refractivity contribution is 1.17. The summed E-state index contributed by atoms with van der Waals surface area (Å²) >= 11 is 0. The highest BCUT2D eigenvalue weighted by atomic mass is 15.0. The van der Waals surface area contributed by atoms with Gasteiger partial charge in [0.25, 0.3) is 0 Å². The molecular formula is C45H25N5. The normalized spacial score (nSPS) is 11.1. The molecule has 0 radical (unpaired) electrons. The van der Waals surface area contributed by atoms with E-state index in [4.69, 9.17) is 6.57 Å². The number of nitrogens with zero attached hydrogens (tertiary/aromatic N) is 5. The molecular weight excluding hydrogens is 611 g/mol. The van der Waals surface area contributed by atoms with Gasteiger partial charge in [-0.25, -0.2) is 4.85 Å². The first-order valence-corrected chi connectivity index (χ1v) is 16.3. The van der Waals surface area contributed by atoms with Crippen molar-refractivity contribution in [2.45, 2.75) is 0 Å². The monoisotopic (exact) mass is 635 g/mol. The molecule has 0 amide bonds. The highest BCUT2D eigenvalue weighted by Gasteiger charge is 2.20. The lowest BCUT2D eigenvalue weighted by Gasteiger charge is -2.18. The van der Waals surface area contributed by atoms with Crippen LogP contribution >= 0.6 is 0 Å². The predicted molar refractivity (Wildman–Crippen MR) is 202 cm³/mol. The molecule has 2 heterocycles. The number of hydrogen-bond acceptors (Lipinski definition) is 2. The Labute approximate surface area is 288 Å². The summed E-state index contributed by atoms with van der Waals surface area (Å²) in [7, 11) is 0. The van der Waals surface area contributed by atoms with Crippen LogP contribution in [0.2, 0.25) is 0 Å². The molecule has 9 rings (SSSR count). The lowest BCUT2D eigenvalue weighted by atomic mass is 9.92. The van der Waals surface area contributed by atoms with Crippen molar-refractivity contribution >= 4 is 49.3 Å². The molecule has 0 aliphatic carbocycles. The van der Waals surface area contributed by atoms with E-state index in [0.29, 0.717) is 16.8 Å². The molecule has 0 aliphatic rings. The molecule has 9 aromatic rings. The molecule has 0 N–H and O–H groups in total. The van der Waals surface area contributed by atoms with E-state index < -0.39 is 0 Å². The van der Waals surface area contributed by atoms with Crippen LogP contribution in [0.15, 0.2) is 152 Å². The van der Waals surface area contributed by atoms with Crippen LogP contribution in [0.1, 0.15) is 11.1 Å². The molecule has 0 saturated carbocycles. The largest absolute Gasteiger partial charge is 0.309 e. The highest BCUT2D eigenvalue weighted by Crippen LogP contribution is 2.41. The zero-order valence-electron chi connectivity index (χ0n) is 26.7. The molecule has 0 aliphatic heterocycles. The summed E-state index contributed by atoms with van der Waals surface area (Å²) in [5.41, 5.74) is 11.5. The van der Waals surface area contributed by atoms with Crippen molar-refractivity contribution in [1.82, 2.24) is 9.13 Å². The number of nitriles is 2. The Morgan fingerprint density at radius 2 is 1.04 bits per heavy atom. The van der Waals surface area contributed by atoms with Crippen LogP contribution in [0, 0.1) is 29.2 Å². The van der Waals surface area contributed by atoms with Gasteiger partial charge >= 0.3 is 0 Å². The molecule has 0 fully saturated rings. The zero-order valence-corrected chi connectivity index (χ0v) is 26.7. The first kappa shape index (κ1) is 28.8. The number of rotatable bonds is 4. The third-order valence-electron chi connectivity index (χ3n) is 9.62. The Kier molecular flexibility index (Phi) is 6.56. The summed E-state index contributed by atoms with van der Waals surface area (Å²) in [5, 5.41) is 24.4. The topological polar surface area (TPSA) is 61.8 Å². The summed E-state index contributed by atoms with van der Waals surface area (Å²) in [6, 6.07) is 55.8. The van der Waals surface area contributed by atoms with Gasteiger partial charge in [-0.15, -0.1) is 0 Å². The van der Waals surface area contributed by atoms with E-state index in [1.165, 1.54) is 10.8 Å². The second kappa shape index (κ2) is 11.4. The van der Waals surface area contributed by atoms with Crippen LogP contribution in [-0.2, 0) is 0 Å². The first-order chi connectivity index (χ1) is 24.7. The molecule has 230 valence electrons. The number of para-hydroxylation sites is 3. The average Bonchev–Trinajstić information content (AvgIpc) is 3.69. The predicted octanol–water partition coefficient (Wildman–Crippen LogP) is 11.5. The van der Waals surface area contributed by atoms with E-state index in [1.807, 2.05) is 42.5 Å². The minimum atomic E-state index is 0.519. The number of fused-ring (bicyclic) bond motifs is 6. The highest BCUT2D eigenvalue weighted by molar-refractivity contribution is 6.11. The van der Waals surface area contributed by atoms with Crippen LogP contribution in [-0.4, -0.2) is 9.13 Å². The van der Waals surface area contributed by atoms with E-state index in [9.17, 15) is 10.5 Å². The fourth-order valence-electron chi connectivity index (χ4n) is 7.45. The van der Waals surface area contributed by atoms with Crippen LogP contribution in [0.25, 0.3) is 82.1 Å². The summed E-state index contributed by atoms with van der Waals surface area (Å²) < 4.78 is 4.41. The maximum Gasteiger partial charge on any atom is 0.188 e. The zero-order chi connectivity index (χ0) is 33.8. The van der Waals surface area contributed by atoms with Gasteiger partial charge in [-0.05, 0) is 82.7 Å². The standard InChI is InChI=1S/C45H25N5/c1-48-32-20-23-45-39(26-32)38-24-29(27-46)18-21-44(38)49(45)40-22-19-30(25-31(40)28-47)33-10-2-3-11-34(33)35-12-4-7-15-41(35)50-42-16-8-5-13-36(42)37-14-6-9-17-43(37)50/h2-26H. The third-order valence-corrected chi connectivity index (χ3v) is 9.62. The van der Waals surface area contributed by atoms with Gasteiger partial charge < -0.3 is 9.13 Å². The van der Waals surface area contributed by atoms with Crippen molar-refractivity contribution in [2.75, 3.05) is 0 Å². The van der Waals surface area contributed by atoms with E-state index >= 15 is 0 Å². The summed E-state index contributed by atoms with van der Waals surface area (Å²) in [5.74, 6) is 0. The number of benzene rings is 7. The minimum absolute atomic E-state index is 0.519. The second-order valence-corrected chi connectivity index (χ2v) is 12.3. The molecule has 2 aromatic heterocycles. The Balaban J connectivity index is 1.24. The van der Waals surface area contributed by atoms with Crippen LogP contribution in [0.4, 0.5) is 5.69 Å². The van der Waals surface area contributed by atoms with Gasteiger partial charge in [0.2, 0.25) is 0 Å². The van der Waals surface area contributed by atoms with Crippen molar-refractivity contribution < 1.29 is 0 Å². The Bertz CT molecular complexity index is 2850. The Hall–Kier alpha value is -7.39. The molecule has 0 atom stereocenters. The maximum atomic E-state index is 10.6. The van der Waals surface area contributed by atoms with Crippen molar-refractivity contribution in [3.63, 3.8) is 0 Å². The van der Waals surface area contributed by atoms with Crippen molar-refractivity contribution in [3.05, 3.63) is 174 Å². The van der Waals surface area contributed by atoms with Crippen molar-refractivity contribution in [2.24, 2.45) is 0 Å². The Morgan fingerprint density at radius 1 is 0.460 bits per heavy atom. The number of aromatic nitrogens is 2. The first-order valence-electron chi connectivity index (χ1n) is 16.3. The summed E-state index contributed by atoms with van der Waals surface area (Å²) in [4.78, 5) is 3.64. The number of hydrogen-bond donors (Lipinski definition) is 0. The van der Waals surface area contributed by atoms with Gasteiger partial charge in [0.1, 0.15) is 6.07 Å². The molecule has 50 heavy (non-hydrogen) atoms. The quantitative estimate of drug-likeness (QED) is 0.181. The van der Waals surface area contributed by atoms with Gasteiger partial charge in [0, 0.05) is 21.7 Å². The summed E-state index contributed by atoms with van der Waals surface area (Å²) in [6.45, 7) is 7.57. The van der Waals surface area contributed by atoms with Crippen LogP contribution < -0.4 is 0 Å². The molecule has 5 nitrogen and oxygen atoms in total. The van der Waals surface area contributed by atoms with Gasteiger partial charge in [0.05, 0.1) is 57.2 Å². The Morgan fingerprint density at radius 3 is 1.74 bits per heavy atom. The van der Waals surface area contributed by atoms with Crippen LogP contribution in [0.3, 0.4) is 0 Å². The van der Waals surface area contributed by atoms with Crippen molar-refractivity contribution in [3.8, 4) is 45.8 Å². The second-order valence-electron chi connectivity index (χ2n) is 12.3. The van der Waals surface area contributed by atoms with Gasteiger partial charge in [0.15, 0.2) is 5.69 Å². The molecule has 5 heteroatoms. The SMILES string of the molecule is [C-]#[N+]c1ccc2c(c1)c1cc(C#N)ccc1n2-c1ccc(-c2ccccc2-c2ccccc2-n2c3ccccc3c3ccccc32)cc1C#N. The molecule has 0 spiro atoms. The van der Waals surface area contributed by atoms with Crippen molar-refractivity contribution in [1.29, 1.82) is 10.5 Å². The summed E-state index contributed by atoms with van der Waals surface area (Å²) in [6.07, 6.45) is 0. The molecule has 0 saturated heterocycles. The maximum absolute atomic E-state index is 10.6. The van der Waals surface area contributed by atoms with Gasteiger partial charge in [-0.2, -0.15) is 10.5 Å². The molecule has 0 unspecified atom stereocenters. The molecule has 7 aromatic carbocycles.